The Kier molecular flexibility index (Phi) is 5.62. The number of nitrogens with one attached hydrogen (secondary N) is 1. The van der Waals surface area contributed by atoms with Crippen LogP contribution in [0.25, 0.3) is 0 Å². The van der Waals surface area contributed by atoms with E-state index in [4.69, 9.17) is 5.73 Å². The third-order valence-electron chi connectivity index (χ3n) is 4.42. The molecule has 1 aliphatic carbocycles. The highest BCUT2D eigenvalue weighted by Gasteiger charge is 2.22. The molecule has 2 unspecified atom stereocenters. The first-order chi connectivity index (χ1) is 10.0. The summed E-state index contributed by atoms with van der Waals surface area (Å²) in [4.78, 5) is 14.3. The minimum Gasteiger partial charge on any atom is -0.399 e. The molecule has 0 heterocycles. The Hall–Kier alpha value is -1.55. The van der Waals surface area contributed by atoms with E-state index in [1.165, 1.54) is 25.7 Å². The van der Waals surface area contributed by atoms with E-state index in [0.29, 0.717) is 18.2 Å². The van der Waals surface area contributed by atoms with Gasteiger partial charge < -0.3 is 16.0 Å². The van der Waals surface area contributed by atoms with Crippen LogP contribution in [-0.4, -0.2) is 30.4 Å². The number of nitrogens with zero attached hydrogens (tertiary/aromatic N) is 1. The van der Waals surface area contributed by atoms with Crippen LogP contribution in [0.1, 0.15) is 39.0 Å². The number of hydrogen-bond donors (Lipinski definition) is 2. The van der Waals surface area contributed by atoms with Gasteiger partial charge in [-0.3, -0.25) is 4.79 Å². The molecule has 1 aliphatic rings. The van der Waals surface area contributed by atoms with E-state index >= 15 is 0 Å². The molecule has 1 fully saturated rings. The Morgan fingerprint density at radius 3 is 2.71 bits per heavy atom. The highest BCUT2D eigenvalue weighted by atomic mass is 16.1. The van der Waals surface area contributed by atoms with E-state index in [0.717, 1.165) is 18.2 Å². The van der Waals surface area contributed by atoms with Crippen molar-refractivity contribution in [1.82, 2.24) is 4.90 Å². The van der Waals surface area contributed by atoms with Crippen molar-refractivity contribution >= 4 is 17.3 Å². The maximum absolute atomic E-state index is 12.0. The van der Waals surface area contributed by atoms with Crippen LogP contribution in [0, 0.1) is 5.92 Å². The Bertz CT molecular complexity index is 458. The zero-order valence-corrected chi connectivity index (χ0v) is 13.1. The van der Waals surface area contributed by atoms with Gasteiger partial charge in [-0.25, -0.2) is 0 Å². The molecule has 1 aromatic rings. The lowest BCUT2D eigenvalue weighted by atomic mass is 9.86. The molecule has 0 aliphatic heterocycles. The van der Waals surface area contributed by atoms with Crippen LogP contribution in [-0.2, 0) is 4.79 Å². The number of anilines is 2. The topological polar surface area (TPSA) is 58.4 Å². The molecule has 3 N–H and O–H groups in total. The third kappa shape index (κ3) is 5.05. The first-order valence-electron chi connectivity index (χ1n) is 7.90. The first-order valence-corrected chi connectivity index (χ1v) is 7.90. The predicted octanol–water partition coefficient (Wildman–Crippen LogP) is 3.11. The molecular weight excluding hydrogens is 262 g/mol. The fourth-order valence-electron chi connectivity index (χ4n) is 3.05. The summed E-state index contributed by atoms with van der Waals surface area (Å²) in [5.74, 6) is 0.880. The maximum atomic E-state index is 12.0. The molecule has 4 nitrogen and oxygen atoms in total. The number of amides is 1. The zero-order chi connectivity index (χ0) is 15.2. The van der Waals surface area contributed by atoms with Crippen LogP contribution in [0.15, 0.2) is 24.3 Å². The van der Waals surface area contributed by atoms with Crippen LogP contribution >= 0.6 is 0 Å². The summed E-state index contributed by atoms with van der Waals surface area (Å²) in [6.45, 7) is 3.14. The van der Waals surface area contributed by atoms with Gasteiger partial charge in [0.25, 0.3) is 0 Å². The Morgan fingerprint density at radius 1 is 1.33 bits per heavy atom. The molecule has 1 aromatic carbocycles. The Labute approximate surface area is 127 Å². The third-order valence-corrected chi connectivity index (χ3v) is 4.42. The van der Waals surface area contributed by atoms with E-state index in [1.807, 2.05) is 12.1 Å². The smallest absolute Gasteiger partial charge is 0.225 e. The molecule has 4 heteroatoms. The van der Waals surface area contributed by atoms with Crippen LogP contribution in [0.3, 0.4) is 0 Å². The lowest BCUT2D eigenvalue weighted by Crippen LogP contribution is -2.37. The van der Waals surface area contributed by atoms with E-state index < -0.39 is 0 Å². The number of nitrogen functional groups attached to an aromatic ring is 1. The van der Waals surface area contributed by atoms with Crippen molar-refractivity contribution in [3.63, 3.8) is 0 Å². The highest BCUT2D eigenvalue weighted by molar-refractivity contribution is 5.90. The number of benzene rings is 1. The average Bonchev–Trinajstić information content (AvgIpc) is 2.47. The predicted molar refractivity (Wildman–Crippen MR) is 88.2 cm³/mol. The van der Waals surface area contributed by atoms with Gasteiger partial charge in [-0.05, 0) is 50.1 Å². The van der Waals surface area contributed by atoms with Gasteiger partial charge in [-0.2, -0.15) is 0 Å². The summed E-state index contributed by atoms with van der Waals surface area (Å²) in [7, 11) is 2.14. The number of carbonyl (C=O) groups is 1. The van der Waals surface area contributed by atoms with Crippen molar-refractivity contribution in [3.8, 4) is 0 Å². The van der Waals surface area contributed by atoms with Crippen molar-refractivity contribution < 1.29 is 4.79 Å². The minimum absolute atomic E-state index is 0.0653. The highest BCUT2D eigenvalue weighted by Crippen LogP contribution is 2.26. The van der Waals surface area contributed by atoms with E-state index in [2.05, 4.69) is 24.2 Å². The summed E-state index contributed by atoms with van der Waals surface area (Å²) in [5.41, 5.74) is 7.15. The van der Waals surface area contributed by atoms with Crippen LogP contribution in [0.2, 0.25) is 0 Å². The molecule has 0 radical (unpaired) electrons. The largest absolute Gasteiger partial charge is 0.399 e. The second-order valence-corrected chi connectivity index (χ2v) is 6.33. The van der Waals surface area contributed by atoms with Crippen molar-refractivity contribution in [2.75, 3.05) is 24.6 Å². The summed E-state index contributed by atoms with van der Waals surface area (Å²) >= 11 is 0. The molecule has 1 amide bonds. The average molecular weight is 289 g/mol. The van der Waals surface area contributed by atoms with Gasteiger partial charge in [0.15, 0.2) is 0 Å². The summed E-state index contributed by atoms with van der Waals surface area (Å²) < 4.78 is 0. The number of carbonyl (C=O) groups excluding carboxylic acids is 1. The summed E-state index contributed by atoms with van der Waals surface area (Å²) in [6.07, 6.45) is 5.72. The molecule has 0 spiro atoms. The fourth-order valence-corrected chi connectivity index (χ4v) is 3.05. The lowest BCUT2D eigenvalue weighted by molar-refractivity contribution is -0.116. The second kappa shape index (κ2) is 7.46. The molecule has 116 valence electrons. The van der Waals surface area contributed by atoms with E-state index in [-0.39, 0.29) is 5.91 Å². The molecule has 2 rings (SSSR count). The Morgan fingerprint density at radius 2 is 2.05 bits per heavy atom. The van der Waals surface area contributed by atoms with Crippen LogP contribution < -0.4 is 11.1 Å². The molecular formula is C17H27N3O. The fraction of sp³-hybridized carbons (Fsp3) is 0.588. The van der Waals surface area contributed by atoms with Gasteiger partial charge >= 0.3 is 0 Å². The second-order valence-electron chi connectivity index (χ2n) is 6.33. The molecule has 0 aromatic heterocycles. The standard InChI is InChI=1S/C17H27N3O/c1-13-4-3-5-16(12-13)20(2)11-10-17(21)19-15-8-6-14(18)7-9-15/h6-9,13,16H,3-5,10-12,18H2,1-2H3,(H,19,21). The minimum atomic E-state index is 0.0653. The van der Waals surface area contributed by atoms with Gasteiger partial charge in [0, 0.05) is 30.4 Å². The van der Waals surface area contributed by atoms with Gasteiger partial charge in [-0.15, -0.1) is 0 Å². The molecule has 21 heavy (non-hydrogen) atoms. The van der Waals surface area contributed by atoms with E-state index in [9.17, 15) is 4.79 Å². The van der Waals surface area contributed by atoms with Gasteiger partial charge in [0.05, 0.1) is 0 Å². The number of rotatable bonds is 5. The molecule has 2 atom stereocenters. The summed E-state index contributed by atoms with van der Waals surface area (Å²) in [5, 5.41) is 2.92. The van der Waals surface area contributed by atoms with Crippen molar-refractivity contribution in [3.05, 3.63) is 24.3 Å². The van der Waals surface area contributed by atoms with Crippen LogP contribution in [0.4, 0.5) is 11.4 Å². The lowest BCUT2D eigenvalue weighted by Gasteiger charge is -2.34. The van der Waals surface area contributed by atoms with Crippen molar-refractivity contribution in [2.24, 2.45) is 5.92 Å². The monoisotopic (exact) mass is 289 g/mol. The van der Waals surface area contributed by atoms with E-state index in [1.54, 1.807) is 12.1 Å². The SMILES string of the molecule is CC1CCCC(N(C)CCC(=O)Nc2ccc(N)cc2)C1. The molecule has 0 bridgehead atoms. The number of nitrogens with two attached hydrogens (primary N) is 1. The number of hydrogen-bond acceptors (Lipinski definition) is 3. The van der Waals surface area contributed by atoms with Crippen molar-refractivity contribution in [2.45, 2.75) is 45.1 Å². The van der Waals surface area contributed by atoms with Crippen molar-refractivity contribution in [1.29, 1.82) is 0 Å². The molecule has 0 saturated heterocycles. The first kappa shape index (κ1) is 15.8. The maximum Gasteiger partial charge on any atom is 0.225 e. The van der Waals surface area contributed by atoms with Gasteiger partial charge in [0.1, 0.15) is 0 Å². The molecule has 1 saturated carbocycles. The van der Waals surface area contributed by atoms with Crippen LogP contribution in [0.5, 0.6) is 0 Å². The van der Waals surface area contributed by atoms with Gasteiger partial charge in [0.2, 0.25) is 5.91 Å². The normalized spacial score (nSPS) is 22.2. The Balaban J connectivity index is 1.74. The quantitative estimate of drug-likeness (QED) is 0.819. The zero-order valence-electron chi connectivity index (χ0n) is 13.1. The van der Waals surface area contributed by atoms with Gasteiger partial charge in [-0.1, -0.05) is 19.8 Å². The summed E-state index contributed by atoms with van der Waals surface area (Å²) in [6, 6.07) is 7.90.